The Hall–Kier alpha value is -2.09. The Morgan fingerprint density at radius 3 is 2.58 bits per heavy atom. The van der Waals surface area contributed by atoms with Crippen LogP contribution in [0.3, 0.4) is 0 Å². The van der Waals surface area contributed by atoms with Gasteiger partial charge < -0.3 is 9.26 Å². The Morgan fingerprint density at radius 1 is 1.23 bits per heavy atom. The van der Waals surface area contributed by atoms with Crippen molar-refractivity contribution in [3.63, 3.8) is 0 Å². The molecule has 142 valence electrons. The maximum atomic E-state index is 12.7. The van der Waals surface area contributed by atoms with Gasteiger partial charge in [-0.2, -0.15) is 13.2 Å². The standard InChI is InChI=1S/C18H22F3N3O2/c1-12-15(13(2)26-23-12)10-24-8-6-14(7-9-24)11-25-17-5-3-4-16(22-17)18(19,20)21/h3-5,14H,6-11H2,1-2H3. The van der Waals surface area contributed by atoms with E-state index in [2.05, 4.69) is 15.0 Å². The fourth-order valence-corrected chi connectivity index (χ4v) is 3.12. The summed E-state index contributed by atoms with van der Waals surface area (Å²) in [5, 5.41) is 3.98. The van der Waals surface area contributed by atoms with Crippen LogP contribution < -0.4 is 4.74 Å². The summed E-state index contributed by atoms with van der Waals surface area (Å²) >= 11 is 0. The lowest BCUT2D eigenvalue weighted by atomic mass is 9.97. The molecule has 0 unspecified atom stereocenters. The van der Waals surface area contributed by atoms with Gasteiger partial charge in [0.05, 0.1) is 12.3 Å². The summed E-state index contributed by atoms with van der Waals surface area (Å²) in [5.74, 6) is 1.19. The van der Waals surface area contributed by atoms with Gasteiger partial charge in [-0.15, -0.1) is 0 Å². The zero-order valence-electron chi connectivity index (χ0n) is 14.8. The second kappa shape index (κ2) is 7.65. The number of hydrogen-bond donors (Lipinski definition) is 0. The Morgan fingerprint density at radius 2 is 1.96 bits per heavy atom. The molecule has 0 amide bonds. The lowest BCUT2D eigenvalue weighted by molar-refractivity contribution is -0.141. The Labute approximate surface area is 150 Å². The summed E-state index contributed by atoms with van der Waals surface area (Å²) in [4.78, 5) is 5.88. The first-order valence-corrected chi connectivity index (χ1v) is 8.64. The maximum Gasteiger partial charge on any atom is 0.433 e. The molecule has 26 heavy (non-hydrogen) atoms. The fourth-order valence-electron chi connectivity index (χ4n) is 3.12. The predicted octanol–water partition coefficient (Wildman–Crippen LogP) is 4.00. The lowest BCUT2D eigenvalue weighted by Crippen LogP contribution is -2.35. The minimum absolute atomic E-state index is 0.0259. The lowest BCUT2D eigenvalue weighted by Gasteiger charge is -2.31. The molecule has 3 rings (SSSR count). The van der Waals surface area contributed by atoms with E-state index in [1.165, 1.54) is 12.1 Å². The van der Waals surface area contributed by atoms with Crippen LogP contribution >= 0.6 is 0 Å². The van der Waals surface area contributed by atoms with Gasteiger partial charge in [0, 0.05) is 18.2 Å². The van der Waals surface area contributed by atoms with Gasteiger partial charge in [-0.05, 0) is 51.8 Å². The molecule has 0 aliphatic carbocycles. The van der Waals surface area contributed by atoms with Crippen LogP contribution in [0.5, 0.6) is 5.88 Å². The molecular formula is C18H22F3N3O2. The highest BCUT2D eigenvalue weighted by Gasteiger charge is 2.32. The number of halogens is 3. The highest BCUT2D eigenvalue weighted by Crippen LogP contribution is 2.29. The van der Waals surface area contributed by atoms with Crippen molar-refractivity contribution in [2.75, 3.05) is 19.7 Å². The summed E-state index contributed by atoms with van der Waals surface area (Å²) < 4.78 is 48.8. The van der Waals surface area contributed by atoms with Crippen LogP contribution in [0.1, 0.15) is 35.6 Å². The van der Waals surface area contributed by atoms with Crippen molar-refractivity contribution in [1.29, 1.82) is 0 Å². The minimum atomic E-state index is -4.46. The van der Waals surface area contributed by atoms with Gasteiger partial charge in [-0.1, -0.05) is 11.2 Å². The van der Waals surface area contributed by atoms with Crippen molar-refractivity contribution in [2.24, 2.45) is 5.92 Å². The molecule has 8 heteroatoms. The predicted molar refractivity (Wildman–Crippen MR) is 88.7 cm³/mol. The second-order valence-electron chi connectivity index (χ2n) is 6.69. The molecule has 0 atom stereocenters. The van der Waals surface area contributed by atoms with Gasteiger partial charge in [0.1, 0.15) is 11.5 Å². The molecule has 0 saturated carbocycles. The average Bonchev–Trinajstić information content (AvgIpc) is 2.93. The number of ether oxygens (including phenoxy) is 1. The Balaban J connectivity index is 1.47. The third-order valence-corrected chi connectivity index (χ3v) is 4.75. The number of pyridine rings is 1. The molecule has 2 aromatic rings. The van der Waals surface area contributed by atoms with E-state index in [1.54, 1.807) is 0 Å². The largest absolute Gasteiger partial charge is 0.477 e. The van der Waals surface area contributed by atoms with Gasteiger partial charge in [-0.3, -0.25) is 4.90 Å². The quantitative estimate of drug-likeness (QED) is 0.797. The molecular weight excluding hydrogens is 347 g/mol. The van der Waals surface area contributed by atoms with Crippen LogP contribution in [0.2, 0.25) is 0 Å². The van der Waals surface area contributed by atoms with E-state index in [0.29, 0.717) is 12.5 Å². The number of aryl methyl sites for hydroxylation is 2. The summed E-state index contributed by atoms with van der Waals surface area (Å²) in [5.41, 5.74) is 1.13. The van der Waals surface area contributed by atoms with Gasteiger partial charge in [0.15, 0.2) is 0 Å². The van der Waals surface area contributed by atoms with E-state index in [9.17, 15) is 13.2 Å². The molecule has 0 aromatic carbocycles. The van der Waals surface area contributed by atoms with Crippen LogP contribution in [-0.2, 0) is 12.7 Å². The van der Waals surface area contributed by atoms with E-state index in [0.717, 1.165) is 55.6 Å². The molecule has 0 radical (unpaired) electrons. The minimum Gasteiger partial charge on any atom is -0.477 e. The number of aromatic nitrogens is 2. The van der Waals surface area contributed by atoms with Crippen LogP contribution in [0, 0.1) is 19.8 Å². The highest BCUT2D eigenvalue weighted by molar-refractivity contribution is 5.20. The van der Waals surface area contributed by atoms with E-state index in [4.69, 9.17) is 9.26 Å². The normalized spacial score (nSPS) is 16.8. The van der Waals surface area contributed by atoms with Gasteiger partial charge in [0.25, 0.3) is 0 Å². The molecule has 0 spiro atoms. The number of alkyl halides is 3. The van der Waals surface area contributed by atoms with Crippen LogP contribution in [0.15, 0.2) is 22.7 Å². The average molecular weight is 369 g/mol. The molecule has 2 aromatic heterocycles. The van der Waals surface area contributed by atoms with Crippen LogP contribution in [0.25, 0.3) is 0 Å². The number of piperidine rings is 1. The topological polar surface area (TPSA) is 51.4 Å². The maximum absolute atomic E-state index is 12.7. The molecule has 1 aliphatic rings. The summed E-state index contributed by atoms with van der Waals surface area (Å²) in [7, 11) is 0. The highest BCUT2D eigenvalue weighted by atomic mass is 19.4. The van der Waals surface area contributed by atoms with E-state index in [1.807, 2.05) is 13.8 Å². The second-order valence-corrected chi connectivity index (χ2v) is 6.69. The third-order valence-electron chi connectivity index (χ3n) is 4.75. The third kappa shape index (κ3) is 4.55. The fraction of sp³-hybridized carbons (Fsp3) is 0.556. The zero-order valence-corrected chi connectivity index (χ0v) is 14.8. The Bertz CT molecular complexity index is 718. The molecule has 5 nitrogen and oxygen atoms in total. The van der Waals surface area contributed by atoms with Crippen LogP contribution in [0.4, 0.5) is 13.2 Å². The first-order chi connectivity index (χ1) is 12.3. The molecule has 0 bridgehead atoms. The summed E-state index contributed by atoms with van der Waals surface area (Å²) in [6.07, 6.45) is -2.59. The van der Waals surface area contributed by atoms with Crippen LogP contribution in [-0.4, -0.2) is 34.7 Å². The van der Waals surface area contributed by atoms with Crippen molar-refractivity contribution in [2.45, 2.75) is 39.4 Å². The van der Waals surface area contributed by atoms with Crippen molar-refractivity contribution in [3.05, 3.63) is 40.9 Å². The summed E-state index contributed by atoms with van der Waals surface area (Å²) in [6.45, 7) is 6.87. The van der Waals surface area contributed by atoms with Crippen molar-refractivity contribution in [3.8, 4) is 5.88 Å². The van der Waals surface area contributed by atoms with E-state index in [-0.39, 0.29) is 5.88 Å². The van der Waals surface area contributed by atoms with Gasteiger partial charge >= 0.3 is 6.18 Å². The first-order valence-electron chi connectivity index (χ1n) is 8.64. The van der Waals surface area contributed by atoms with Crippen molar-refractivity contribution < 1.29 is 22.4 Å². The number of nitrogens with zero attached hydrogens (tertiary/aromatic N) is 3. The van der Waals surface area contributed by atoms with Gasteiger partial charge in [0.2, 0.25) is 5.88 Å². The van der Waals surface area contributed by atoms with Crippen molar-refractivity contribution >= 4 is 0 Å². The van der Waals surface area contributed by atoms with Gasteiger partial charge in [-0.25, -0.2) is 4.98 Å². The molecule has 0 N–H and O–H groups in total. The van der Waals surface area contributed by atoms with E-state index >= 15 is 0 Å². The first kappa shape index (κ1) is 18.7. The SMILES string of the molecule is Cc1noc(C)c1CN1CCC(COc2cccc(C(F)(F)F)n2)CC1. The summed E-state index contributed by atoms with van der Waals surface area (Å²) in [6, 6.07) is 3.72. The molecule has 1 fully saturated rings. The molecule has 1 saturated heterocycles. The van der Waals surface area contributed by atoms with Crippen molar-refractivity contribution in [1.82, 2.24) is 15.0 Å². The smallest absolute Gasteiger partial charge is 0.433 e. The Kier molecular flexibility index (Phi) is 5.50. The number of rotatable bonds is 5. The van der Waals surface area contributed by atoms with E-state index < -0.39 is 11.9 Å². The molecule has 1 aliphatic heterocycles. The molecule has 3 heterocycles. The monoisotopic (exact) mass is 369 g/mol. The number of hydrogen-bond acceptors (Lipinski definition) is 5. The number of likely N-dealkylation sites (tertiary alicyclic amines) is 1. The zero-order chi connectivity index (χ0) is 18.7.